The van der Waals surface area contributed by atoms with E-state index in [-0.39, 0.29) is 7.43 Å². The molecule has 4 rings (SSSR count). The van der Waals surface area contributed by atoms with E-state index in [0.717, 1.165) is 17.2 Å². The maximum Gasteiger partial charge on any atom is 0.181 e. The summed E-state index contributed by atoms with van der Waals surface area (Å²) in [6.45, 7) is 8.07. The summed E-state index contributed by atoms with van der Waals surface area (Å²) in [7, 11) is 0. The minimum absolute atomic E-state index is 0. The van der Waals surface area contributed by atoms with Gasteiger partial charge >= 0.3 is 0 Å². The molecule has 0 aliphatic heterocycles. The number of hydrogen-bond donors (Lipinski definition) is 2. The first-order valence-electron chi connectivity index (χ1n) is 8.87. The molecule has 1 saturated carbocycles. The average molecular weight is 354 g/mol. The Bertz CT molecular complexity index is 736. The Balaban J connectivity index is 0.000000264. The van der Waals surface area contributed by atoms with Crippen LogP contribution >= 0.6 is 0 Å². The normalized spacial score (nSPS) is 12.0. The third kappa shape index (κ3) is 6.36. The van der Waals surface area contributed by atoms with Gasteiger partial charge in [-0.3, -0.25) is 5.10 Å². The molecule has 2 aromatic carbocycles. The first kappa shape index (κ1) is 21.4. The van der Waals surface area contributed by atoms with E-state index in [0.29, 0.717) is 11.7 Å². The molecule has 0 spiro atoms. The van der Waals surface area contributed by atoms with Crippen LogP contribution in [-0.4, -0.2) is 20.3 Å². The zero-order chi connectivity index (χ0) is 18.2. The van der Waals surface area contributed by atoms with Gasteiger partial charge in [0.05, 0.1) is 0 Å². The Morgan fingerprint density at radius 1 is 0.885 bits per heavy atom. The Hall–Kier alpha value is -2.62. The van der Waals surface area contributed by atoms with Gasteiger partial charge in [-0.1, -0.05) is 68.8 Å². The van der Waals surface area contributed by atoms with Crippen molar-refractivity contribution in [3.8, 4) is 17.1 Å². The molecule has 1 aliphatic rings. The molecule has 1 fully saturated rings. The molecule has 3 aromatic rings. The number of phenols is 1. The first-order chi connectivity index (χ1) is 12.1. The lowest BCUT2D eigenvalue weighted by Crippen LogP contribution is -1.82. The molecule has 0 saturated heterocycles. The molecule has 1 aliphatic carbocycles. The number of benzene rings is 2. The molecular formula is C22H31N3O. The predicted octanol–water partition coefficient (Wildman–Crippen LogP) is 6.02. The lowest BCUT2D eigenvalue weighted by atomic mass is 10.1. The number of H-pyrrole nitrogens is 1. The number of phenolic OH excluding ortho intramolecular Hbond substituents is 1. The number of aryl methyl sites for hydroxylation is 2. The van der Waals surface area contributed by atoms with E-state index in [1.165, 1.54) is 24.0 Å². The van der Waals surface area contributed by atoms with Gasteiger partial charge in [-0.2, -0.15) is 5.10 Å². The molecule has 26 heavy (non-hydrogen) atoms. The molecule has 0 bridgehead atoms. The largest absolute Gasteiger partial charge is 0.508 e. The standard InChI is InChI=1S/C12H13N3.C7H8O.C2H6.CH4/c1-8-2-4-9(5-3-8)11-13-12(15-14-11)10-6-7-10;1-6-2-4-7(8)5-3-6;1-2;/h2-5,10H,6-7H2,1H3,(H,13,14,15);2-5,8H,1H3;1-2H3;1H4. The monoisotopic (exact) mass is 353 g/mol. The molecule has 0 atom stereocenters. The molecular weight excluding hydrogens is 322 g/mol. The van der Waals surface area contributed by atoms with Crippen molar-refractivity contribution in [1.82, 2.24) is 15.2 Å². The highest BCUT2D eigenvalue weighted by molar-refractivity contribution is 5.54. The minimum atomic E-state index is 0. The minimum Gasteiger partial charge on any atom is -0.508 e. The number of nitrogens with zero attached hydrogens (tertiary/aromatic N) is 2. The van der Waals surface area contributed by atoms with Crippen molar-refractivity contribution in [2.45, 2.75) is 53.9 Å². The summed E-state index contributed by atoms with van der Waals surface area (Å²) in [5, 5.41) is 16.0. The zero-order valence-electron chi connectivity index (χ0n) is 15.5. The van der Waals surface area contributed by atoms with Crippen LogP contribution in [0.15, 0.2) is 48.5 Å². The van der Waals surface area contributed by atoms with E-state index in [9.17, 15) is 0 Å². The summed E-state index contributed by atoms with van der Waals surface area (Å²) in [5.41, 5.74) is 3.52. The Labute approximate surface area is 157 Å². The number of rotatable bonds is 2. The lowest BCUT2D eigenvalue weighted by Gasteiger charge is -1.95. The van der Waals surface area contributed by atoms with E-state index < -0.39 is 0 Å². The van der Waals surface area contributed by atoms with Gasteiger partial charge in [0.2, 0.25) is 0 Å². The molecule has 0 radical (unpaired) electrons. The Kier molecular flexibility index (Phi) is 8.56. The second-order valence-electron chi connectivity index (χ2n) is 6.02. The van der Waals surface area contributed by atoms with Crippen LogP contribution in [0.25, 0.3) is 11.4 Å². The van der Waals surface area contributed by atoms with Gasteiger partial charge in [-0.05, 0) is 38.8 Å². The summed E-state index contributed by atoms with van der Waals surface area (Å²) in [6.07, 6.45) is 2.51. The van der Waals surface area contributed by atoms with E-state index in [1.54, 1.807) is 12.1 Å². The highest BCUT2D eigenvalue weighted by atomic mass is 16.3. The number of aromatic amines is 1. The highest BCUT2D eigenvalue weighted by Gasteiger charge is 2.27. The van der Waals surface area contributed by atoms with E-state index >= 15 is 0 Å². The molecule has 140 valence electrons. The zero-order valence-corrected chi connectivity index (χ0v) is 15.5. The van der Waals surface area contributed by atoms with Gasteiger partial charge in [0.1, 0.15) is 11.6 Å². The van der Waals surface area contributed by atoms with Crippen LogP contribution in [0.4, 0.5) is 0 Å². The van der Waals surface area contributed by atoms with Crippen LogP contribution in [0.2, 0.25) is 0 Å². The van der Waals surface area contributed by atoms with Crippen molar-refractivity contribution < 1.29 is 5.11 Å². The third-order valence-electron chi connectivity index (χ3n) is 3.81. The van der Waals surface area contributed by atoms with Crippen LogP contribution in [0, 0.1) is 13.8 Å². The van der Waals surface area contributed by atoms with Crippen molar-refractivity contribution in [1.29, 1.82) is 0 Å². The smallest absolute Gasteiger partial charge is 0.181 e. The van der Waals surface area contributed by atoms with E-state index in [1.807, 2.05) is 32.9 Å². The third-order valence-corrected chi connectivity index (χ3v) is 3.81. The fraction of sp³-hybridized carbons (Fsp3) is 0.364. The van der Waals surface area contributed by atoms with Crippen LogP contribution in [0.5, 0.6) is 5.75 Å². The van der Waals surface area contributed by atoms with Gasteiger partial charge < -0.3 is 5.11 Å². The number of nitrogens with one attached hydrogen (secondary N) is 1. The second kappa shape index (κ2) is 10.4. The van der Waals surface area contributed by atoms with Gasteiger partial charge in [-0.15, -0.1) is 0 Å². The van der Waals surface area contributed by atoms with Crippen molar-refractivity contribution in [2.75, 3.05) is 0 Å². The summed E-state index contributed by atoms with van der Waals surface area (Å²) >= 11 is 0. The summed E-state index contributed by atoms with van der Waals surface area (Å²) in [5.74, 6) is 2.83. The fourth-order valence-electron chi connectivity index (χ4n) is 2.19. The molecule has 0 amide bonds. The second-order valence-corrected chi connectivity index (χ2v) is 6.02. The van der Waals surface area contributed by atoms with Crippen LogP contribution in [0.1, 0.15) is 57.0 Å². The Morgan fingerprint density at radius 3 is 1.85 bits per heavy atom. The Morgan fingerprint density at radius 2 is 1.38 bits per heavy atom. The van der Waals surface area contributed by atoms with Gasteiger partial charge in [0.25, 0.3) is 0 Å². The summed E-state index contributed by atoms with van der Waals surface area (Å²) in [6, 6.07) is 15.4. The maximum absolute atomic E-state index is 8.76. The molecule has 4 nitrogen and oxygen atoms in total. The van der Waals surface area contributed by atoms with Gasteiger partial charge in [0.15, 0.2) is 5.82 Å². The number of aromatic hydroxyl groups is 1. The molecule has 2 N–H and O–H groups in total. The van der Waals surface area contributed by atoms with E-state index in [2.05, 4.69) is 46.4 Å². The van der Waals surface area contributed by atoms with Gasteiger partial charge in [-0.25, -0.2) is 4.98 Å². The SMILES string of the molecule is C.CC.Cc1ccc(-c2n[nH]c(C3CC3)n2)cc1.Cc1ccc(O)cc1. The summed E-state index contributed by atoms with van der Waals surface area (Å²) in [4.78, 5) is 4.51. The van der Waals surface area contributed by atoms with E-state index in [4.69, 9.17) is 5.11 Å². The number of aromatic nitrogens is 3. The topological polar surface area (TPSA) is 61.8 Å². The summed E-state index contributed by atoms with van der Waals surface area (Å²) < 4.78 is 0. The first-order valence-corrected chi connectivity index (χ1v) is 8.87. The molecule has 0 unspecified atom stereocenters. The van der Waals surface area contributed by atoms with Crippen LogP contribution in [0.3, 0.4) is 0 Å². The number of hydrogen-bond acceptors (Lipinski definition) is 3. The van der Waals surface area contributed by atoms with Gasteiger partial charge in [0, 0.05) is 11.5 Å². The fourth-order valence-corrected chi connectivity index (χ4v) is 2.19. The molecule has 4 heteroatoms. The van der Waals surface area contributed by atoms with Crippen molar-refractivity contribution in [2.24, 2.45) is 0 Å². The van der Waals surface area contributed by atoms with Crippen LogP contribution < -0.4 is 0 Å². The lowest BCUT2D eigenvalue weighted by molar-refractivity contribution is 0.475. The molecule has 1 aromatic heterocycles. The maximum atomic E-state index is 8.76. The predicted molar refractivity (Wildman–Crippen MR) is 109 cm³/mol. The molecule has 1 heterocycles. The van der Waals surface area contributed by atoms with Crippen LogP contribution in [-0.2, 0) is 0 Å². The quantitative estimate of drug-likeness (QED) is 0.592. The average Bonchev–Trinajstić information content (AvgIpc) is 3.38. The highest BCUT2D eigenvalue weighted by Crippen LogP contribution is 2.38. The van der Waals surface area contributed by atoms with Crippen molar-refractivity contribution >= 4 is 0 Å². The van der Waals surface area contributed by atoms with Crippen molar-refractivity contribution in [3.05, 3.63) is 65.5 Å². The van der Waals surface area contributed by atoms with Crippen molar-refractivity contribution in [3.63, 3.8) is 0 Å².